The summed E-state index contributed by atoms with van der Waals surface area (Å²) in [5, 5.41) is 11.2. The molecule has 0 spiro atoms. The first-order chi connectivity index (χ1) is 15.6. The van der Waals surface area contributed by atoms with Crippen LogP contribution in [0.5, 0.6) is 0 Å². The van der Waals surface area contributed by atoms with Gasteiger partial charge in [-0.1, -0.05) is 116 Å². The molecule has 0 saturated carbocycles. The van der Waals surface area contributed by atoms with E-state index in [0.717, 1.165) is 31.6 Å². The molecule has 0 aliphatic carbocycles. The molecule has 6 nitrogen and oxygen atoms in total. The summed E-state index contributed by atoms with van der Waals surface area (Å²) >= 11 is 0. The fraction of sp³-hybridized carbons (Fsp3) is 0.731. The molecule has 0 aliphatic heterocycles. The van der Waals surface area contributed by atoms with E-state index in [-0.39, 0.29) is 51.4 Å². The maximum absolute atomic E-state index is 11.2. The molecule has 33 heavy (non-hydrogen) atoms. The molecule has 0 amide bonds. The van der Waals surface area contributed by atoms with Crippen molar-refractivity contribution in [3.63, 3.8) is 0 Å². The number of aliphatic carboxylic acids is 1. The Kier molecular flexibility index (Phi) is 27.5. The van der Waals surface area contributed by atoms with Crippen LogP contribution in [0.2, 0.25) is 0 Å². The Bertz CT molecular complexity index is 485. The molecule has 0 aromatic rings. The summed E-state index contributed by atoms with van der Waals surface area (Å²) in [6.45, 7) is 9.36. The zero-order valence-electron chi connectivity index (χ0n) is 21.2. The quantitative estimate of drug-likeness (QED) is 0.0840. The van der Waals surface area contributed by atoms with Gasteiger partial charge in [0, 0.05) is 0 Å². The molecule has 186 valence electrons. The fourth-order valence-electron chi connectivity index (χ4n) is 3.41. The molecule has 0 fully saturated rings. The van der Waals surface area contributed by atoms with Crippen molar-refractivity contribution in [2.75, 3.05) is 6.61 Å². The summed E-state index contributed by atoms with van der Waals surface area (Å²) in [4.78, 5) is 11.2. The number of hydrogen-bond acceptors (Lipinski definition) is 6. The molecule has 0 aromatic heterocycles. The number of carbonyl (C=O) groups excluding carboxylic acids is 1. The van der Waals surface area contributed by atoms with Gasteiger partial charge in [0.1, 0.15) is 12.5 Å². The zero-order valence-corrected chi connectivity index (χ0v) is 24.3. The van der Waals surface area contributed by atoms with Gasteiger partial charge in [-0.25, -0.2) is 0 Å². The van der Waals surface area contributed by atoms with Crippen LogP contribution in [0.25, 0.3) is 0 Å². The van der Waals surface area contributed by atoms with Crippen molar-refractivity contribution in [3.05, 3.63) is 38.2 Å². The van der Waals surface area contributed by atoms with Crippen molar-refractivity contribution in [2.45, 2.75) is 116 Å². The molecule has 0 atom stereocenters. The van der Waals surface area contributed by atoms with Crippen molar-refractivity contribution in [2.24, 2.45) is 0 Å². The van der Waals surface area contributed by atoms with Gasteiger partial charge in [-0.3, -0.25) is 0 Å². The fourth-order valence-corrected chi connectivity index (χ4v) is 3.41. The largest absolute Gasteiger partial charge is 1.00 e. The van der Waals surface area contributed by atoms with Gasteiger partial charge in [0.15, 0.2) is 5.97 Å². The van der Waals surface area contributed by atoms with Gasteiger partial charge in [0.25, 0.3) is 0 Å². The first kappa shape index (κ1) is 34.7. The molecular weight excluding hydrogens is 447 g/mol. The smallest absolute Gasteiger partial charge is 0.540 e. The predicted molar refractivity (Wildman–Crippen MR) is 126 cm³/mol. The summed E-state index contributed by atoms with van der Waals surface area (Å²) in [6, 6.07) is 0. The molecule has 0 aliphatic rings. The van der Waals surface area contributed by atoms with E-state index in [4.69, 9.17) is 18.9 Å². The number of carboxylic acid groups (broad SMARTS) is 1. The topological polar surface area (TPSA) is 77.0 Å². The van der Waals surface area contributed by atoms with Gasteiger partial charge in [0.2, 0.25) is 0 Å². The Hall–Kier alpha value is -0.474. The second-order valence-electron chi connectivity index (χ2n) is 7.98. The van der Waals surface area contributed by atoms with Crippen LogP contribution in [0, 0.1) is 0 Å². The van der Waals surface area contributed by atoms with Crippen LogP contribution in [0.3, 0.4) is 0 Å². The third-order valence-corrected chi connectivity index (χ3v) is 5.22. The zero-order chi connectivity index (χ0) is 23.8. The van der Waals surface area contributed by atoms with Gasteiger partial charge >= 0.3 is 57.4 Å². The van der Waals surface area contributed by atoms with Crippen LogP contribution >= 0.6 is 0 Å². The normalized spacial score (nSPS) is 10.9. The maximum Gasteiger partial charge on any atom is 1.00 e. The Labute approximate surface area is 244 Å². The van der Waals surface area contributed by atoms with Crippen LogP contribution in [-0.4, -0.2) is 18.5 Å². The van der Waals surface area contributed by atoms with Gasteiger partial charge in [-0.15, -0.1) is 0 Å². The molecule has 0 bridgehead atoms. The van der Waals surface area contributed by atoms with E-state index >= 15 is 0 Å². The standard InChI is InChI=1S/C26H46O6.K/c1-4-7-8-9-10-11-12-13-14-15-16-17-18-19-20-21-22-29-23-24-32-26(25(27)28,30-5-2)31-6-3;/h5-6,23-24H,2-4,7-22H2,1H3,(H,27,28);/q;+1/p-1. The summed E-state index contributed by atoms with van der Waals surface area (Å²) in [5.41, 5.74) is 0. The average Bonchev–Trinajstić information content (AvgIpc) is 2.77. The average molecular weight is 493 g/mol. The molecule has 7 heteroatoms. The number of hydrogen-bond donors (Lipinski definition) is 0. The van der Waals surface area contributed by atoms with Gasteiger partial charge in [0.05, 0.1) is 19.1 Å². The SMILES string of the molecule is C=COC(OC=C)(OC=COCCCCCCCCCCCCCCCCCC)C(=O)[O-].[K+]. The van der Waals surface area contributed by atoms with E-state index in [2.05, 4.69) is 20.1 Å². The third kappa shape index (κ3) is 20.6. The first-order valence-corrected chi connectivity index (χ1v) is 12.4. The van der Waals surface area contributed by atoms with E-state index in [1.165, 1.54) is 96.2 Å². The molecule has 0 N–H and O–H groups in total. The number of carbonyl (C=O) groups is 1. The summed E-state index contributed by atoms with van der Waals surface area (Å²) < 4.78 is 19.8. The Morgan fingerprint density at radius 3 is 1.45 bits per heavy atom. The Morgan fingerprint density at radius 1 is 0.697 bits per heavy atom. The second-order valence-corrected chi connectivity index (χ2v) is 7.98. The number of unbranched alkanes of at least 4 members (excludes halogenated alkanes) is 15. The van der Waals surface area contributed by atoms with E-state index in [1.807, 2.05) is 0 Å². The second kappa shape index (κ2) is 26.1. The third-order valence-electron chi connectivity index (χ3n) is 5.22. The minimum atomic E-state index is -2.46. The Morgan fingerprint density at radius 2 is 1.09 bits per heavy atom. The minimum absolute atomic E-state index is 0. The van der Waals surface area contributed by atoms with Gasteiger partial charge in [-0.2, -0.15) is 0 Å². The molecule has 0 radical (unpaired) electrons. The van der Waals surface area contributed by atoms with E-state index in [0.29, 0.717) is 6.61 Å². The maximum atomic E-state index is 11.2. The first-order valence-electron chi connectivity index (χ1n) is 12.4. The van der Waals surface area contributed by atoms with Crippen molar-refractivity contribution in [3.8, 4) is 0 Å². The van der Waals surface area contributed by atoms with Crippen molar-refractivity contribution in [1.29, 1.82) is 0 Å². The van der Waals surface area contributed by atoms with Crippen LogP contribution in [0.15, 0.2) is 38.2 Å². The molecule has 0 rings (SSSR count). The monoisotopic (exact) mass is 492 g/mol. The predicted octanol–water partition coefficient (Wildman–Crippen LogP) is 3.48. The van der Waals surface area contributed by atoms with Gasteiger partial charge in [-0.05, 0) is 6.42 Å². The minimum Gasteiger partial charge on any atom is -0.540 e. The van der Waals surface area contributed by atoms with E-state index in [1.54, 1.807) is 0 Å². The van der Waals surface area contributed by atoms with Gasteiger partial charge < -0.3 is 28.8 Å². The van der Waals surface area contributed by atoms with Crippen molar-refractivity contribution >= 4 is 5.97 Å². The number of carboxylic acids is 1. The van der Waals surface area contributed by atoms with E-state index < -0.39 is 11.9 Å². The summed E-state index contributed by atoms with van der Waals surface area (Å²) in [7, 11) is 0. The molecular formula is C26H45KO6. The summed E-state index contributed by atoms with van der Waals surface area (Å²) in [6.07, 6.45) is 25.1. The number of rotatable bonds is 25. The van der Waals surface area contributed by atoms with E-state index in [9.17, 15) is 9.90 Å². The Balaban J connectivity index is 0. The molecule has 0 saturated heterocycles. The van der Waals surface area contributed by atoms with Crippen LogP contribution < -0.4 is 56.5 Å². The van der Waals surface area contributed by atoms with Crippen LogP contribution in [0.4, 0.5) is 0 Å². The molecule has 0 aromatic carbocycles. The molecule has 0 heterocycles. The number of ether oxygens (including phenoxy) is 4. The molecule has 0 unspecified atom stereocenters. The van der Waals surface area contributed by atoms with Crippen molar-refractivity contribution < 1.29 is 80.2 Å². The summed E-state index contributed by atoms with van der Waals surface area (Å²) in [5.74, 6) is -4.18. The van der Waals surface area contributed by atoms with Crippen LogP contribution in [-0.2, 0) is 23.7 Å². The van der Waals surface area contributed by atoms with Crippen LogP contribution in [0.1, 0.15) is 110 Å². The van der Waals surface area contributed by atoms with Crippen molar-refractivity contribution in [1.82, 2.24) is 0 Å².